The summed E-state index contributed by atoms with van der Waals surface area (Å²) in [5.41, 5.74) is 4.11. The van der Waals surface area contributed by atoms with E-state index < -0.39 is 0 Å². The molecule has 0 saturated heterocycles. The van der Waals surface area contributed by atoms with Crippen molar-refractivity contribution in [1.29, 1.82) is 0 Å². The Morgan fingerprint density at radius 1 is 1.13 bits per heavy atom. The summed E-state index contributed by atoms with van der Waals surface area (Å²) in [6.07, 6.45) is 3.36. The first kappa shape index (κ1) is 19.5. The fourth-order valence-corrected chi connectivity index (χ4v) is 3.27. The van der Waals surface area contributed by atoms with Gasteiger partial charge in [0.1, 0.15) is 11.3 Å². The van der Waals surface area contributed by atoms with Crippen LogP contribution >= 0.6 is 12.2 Å². The maximum Gasteiger partial charge on any atom is 0.261 e. The number of methoxy groups -OCH3 is 1. The molecule has 0 aliphatic carbocycles. The van der Waals surface area contributed by atoms with E-state index >= 15 is 0 Å². The van der Waals surface area contributed by atoms with Gasteiger partial charge in [-0.05, 0) is 61.1 Å². The lowest BCUT2D eigenvalue weighted by Gasteiger charge is -2.13. The van der Waals surface area contributed by atoms with E-state index in [4.69, 9.17) is 21.4 Å². The normalized spacial score (nSPS) is 10.6. The van der Waals surface area contributed by atoms with Gasteiger partial charge in [-0.2, -0.15) is 0 Å². The monoisotopic (exact) mass is 418 g/mol. The van der Waals surface area contributed by atoms with Gasteiger partial charge in [0.15, 0.2) is 10.7 Å². The van der Waals surface area contributed by atoms with Crippen LogP contribution < -0.4 is 15.4 Å². The first-order chi connectivity index (χ1) is 14.5. The maximum absolute atomic E-state index is 12.6. The molecule has 8 heteroatoms. The number of carbonyl (C=O) groups excluding carboxylic acids is 1. The summed E-state index contributed by atoms with van der Waals surface area (Å²) in [5, 5.41) is 5.85. The molecule has 0 aliphatic heterocycles. The van der Waals surface area contributed by atoms with Crippen molar-refractivity contribution >= 4 is 40.0 Å². The van der Waals surface area contributed by atoms with Crippen LogP contribution in [0.1, 0.15) is 15.9 Å². The Morgan fingerprint density at radius 3 is 2.70 bits per heavy atom. The first-order valence-electron chi connectivity index (χ1n) is 9.12. The second kappa shape index (κ2) is 8.30. The van der Waals surface area contributed by atoms with Crippen LogP contribution in [0.2, 0.25) is 0 Å². The number of thiocarbonyl (C=S) groups is 1. The molecule has 0 radical (unpaired) electrons. The van der Waals surface area contributed by atoms with E-state index in [2.05, 4.69) is 20.6 Å². The van der Waals surface area contributed by atoms with Gasteiger partial charge in [-0.15, -0.1) is 0 Å². The Morgan fingerprint density at radius 2 is 1.93 bits per heavy atom. The van der Waals surface area contributed by atoms with E-state index in [0.29, 0.717) is 34.0 Å². The maximum atomic E-state index is 12.6. The molecule has 0 fully saturated rings. The SMILES string of the molecule is COc1c(C)cccc1C(=O)NC(=S)Nc1ccc2oc(-c3ccncc3)nc2c1. The Kier molecular flexibility index (Phi) is 5.40. The number of nitrogens with zero attached hydrogens (tertiary/aromatic N) is 2. The van der Waals surface area contributed by atoms with E-state index in [1.807, 2.05) is 25.1 Å². The predicted octanol–water partition coefficient (Wildman–Crippen LogP) is 4.33. The second-order valence-corrected chi connectivity index (χ2v) is 6.91. The van der Waals surface area contributed by atoms with Gasteiger partial charge in [-0.3, -0.25) is 15.1 Å². The summed E-state index contributed by atoms with van der Waals surface area (Å²) < 4.78 is 11.1. The molecular weight excluding hydrogens is 400 g/mol. The molecule has 7 nitrogen and oxygen atoms in total. The highest BCUT2D eigenvalue weighted by atomic mass is 32.1. The summed E-state index contributed by atoms with van der Waals surface area (Å²) in [4.78, 5) is 21.1. The summed E-state index contributed by atoms with van der Waals surface area (Å²) in [5.74, 6) is 0.674. The van der Waals surface area contributed by atoms with Gasteiger partial charge in [0.2, 0.25) is 5.89 Å². The van der Waals surface area contributed by atoms with E-state index in [1.54, 1.807) is 42.7 Å². The molecule has 2 aromatic heterocycles. The highest BCUT2D eigenvalue weighted by Gasteiger charge is 2.15. The molecule has 30 heavy (non-hydrogen) atoms. The number of amides is 1. The summed E-state index contributed by atoms with van der Waals surface area (Å²) >= 11 is 5.29. The summed E-state index contributed by atoms with van der Waals surface area (Å²) in [6.45, 7) is 1.87. The minimum Gasteiger partial charge on any atom is -0.496 e. The molecule has 4 aromatic rings. The Balaban J connectivity index is 1.49. The van der Waals surface area contributed by atoms with E-state index in [0.717, 1.165) is 11.1 Å². The molecule has 0 aliphatic rings. The van der Waals surface area contributed by atoms with Gasteiger partial charge in [-0.1, -0.05) is 12.1 Å². The third-order valence-corrected chi connectivity index (χ3v) is 4.66. The summed E-state index contributed by atoms with van der Waals surface area (Å²) in [7, 11) is 1.53. The third-order valence-electron chi connectivity index (χ3n) is 4.46. The number of para-hydroxylation sites is 1. The number of benzene rings is 2. The zero-order valence-corrected chi connectivity index (χ0v) is 17.1. The number of aromatic nitrogens is 2. The molecule has 2 N–H and O–H groups in total. The van der Waals surface area contributed by atoms with Crippen molar-refractivity contribution in [3.8, 4) is 17.2 Å². The van der Waals surface area contributed by atoms with Gasteiger partial charge < -0.3 is 14.5 Å². The second-order valence-electron chi connectivity index (χ2n) is 6.50. The van der Waals surface area contributed by atoms with Gasteiger partial charge in [0.05, 0.1) is 12.7 Å². The van der Waals surface area contributed by atoms with Crippen molar-refractivity contribution in [2.24, 2.45) is 0 Å². The number of aryl methyl sites for hydroxylation is 1. The highest BCUT2D eigenvalue weighted by molar-refractivity contribution is 7.80. The van der Waals surface area contributed by atoms with Crippen LogP contribution in [-0.4, -0.2) is 28.1 Å². The molecule has 1 amide bonds. The number of carbonyl (C=O) groups is 1. The molecule has 150 valence electrons. The molecule has 0 bridgehead atoms. The lowest BCUT2D eigenvalue weighted by molar-refractivity contribution is 0.0974. The number of ether oxygens (including phenoxy) is 1. The van der Waals surface area contributed by atoms with Crippen molar-refractivity contribution in [1.82, 2.24) is 15.3 Å². The standard InChI is InChI=1S/C22H18N4O3S/c1-13-4-3-5-16(19(13)28-2)20(27)26-22(30)24-15-6-7-18-17(12-15)25-21(29-18)14-8-10-23-11-9-14/h3-12H,1-2H3,(H2,24,26,27,30). The van der Waals surface area contributed by atoms with Crippen LogP contribution in [0.4, 0.5) is 5.69 Å². The fourth-order valence-electron chi connectivity index (χ4n) is 3.06. The average molecular weight is 418 g/mol. The van der Waals surface area contributed by atoms with Gasteiger partial charge in [0.25, 0.3) is 5.91 Å². The number of anilines is 1. The number of oxazole rings is 1. The topological polar surface area (TPSA) is 89.3 Å². The van der Waals surface area contributed by atoms with E-state index in [-0.39, 0.29) is 11.0 Å². The van der Waals surface area contributed by atoms with E-state index in [9.17, 15) is 4.79 Å². The lowest BCUT2D eigenvalue weighted by atomic mass is 10.1. The van der Waals surface area contributed by atoms with Crippen LogP contribution in [-0.2, 0) is 0 Å². The molecule has 0 atom stereocenters. The number of pyridine rings is 1. The minimum atomic E-state index is -0.351. The smallest absolute Gasteiger partial charge is 0.261 e. The molecule has 2 aromatic carbocycles. The lowest BCUT2D eigenvalue weighted by Crippen LogP contribution is -2.34. The van der Waals surface area contributed by atoms with Crippen LogP contribution in [0.5, 0.6) is 5.75 Å². The van der Waals surface area contributed by atoms with Gasteiger partial charge >= 0.3 is 0 Å². The summed E-state index contributed by atoms with van der Waals surface area (Å²) in [6, 6.07) is 14.4. The van der Waals surface area contributed by atoms with Gasteiger partial charge in [0, 0.05) is 23.6 Å². The number of hydrogen-bond acceptors (Lipinski definition) is 6. The van der Waals surface area contributed by atoms with Crippen LogP contribution in [0.25, 0.3) is 22.6 Å². The van der Waals surface area contributed by atoms with Gasteiger partial charge in [-0.25, -0.2) is 4.98 Å². The molecule has 4 rings (SSSR count). The third kappa shape index (κ3) is 3.99. The Labute approximate surface area is 178 Å². The quantitative estimate of drug-likeness (QED) is 0.477. The number of nitrogens with one attached hydrogen (secondary N) is 2. The molecule has 0 unspecified atom stereocenters. The molecule has 0 saturated carbocycles. The Hall–Kier alpha value is -3.78. The Bertz CT molecular complexity index is 1240. The van der Waals surface area contributed by atoms with Crippen LogP contribution in [0.3, 0.4) is 0 Å². The molecular formula is C22H18N4O3S. The minimum absolute atomic E-state index is 0.167. The largest absolute Gasteiger partial charge is 0.496 e. The van der Waals surface area contributed by atoms with Crippen molar-refractivity contribution in [3.63, 3.8) is 0 Å². The van der Waals surface area contributed by atoms with Crippen molar-refractivity contribution in [3.05, 3.63) is 72.1 Å². The first-order valence-corrected chi connectivity index (χ1v) is 9.53. The van der Waals surface area contributed by atoms with Crippen LogP contribution in [0, 0.1) is 6.92 Å². The number of rotatable bonds is 4. The van der Waals surface area contributed by atoms with Crippen molar-refractivity contribution in [2.75, 3.05) is 12.4 Å². The fraction of sp³-hybridized carbons (Fsp3) is 0.0909. The predicted molar refractivity (Wildman–Crippen MR) is 119 cm³/mol. The number of hydrogen-bond donors (Lipinski definition) is 2. The van der Waals surface area contributed by atoms with Crippen molar-refractivity contribution in [2.45, 2.75) is 6.92 Å². The van der Waals surface area contributed by atoms with Crippen molar-refractivity contribution < 1.29 is 13.9 Å². The van der Waals surface area contributed by atoms with E-state index in [1.165, 1.54) is 7.11 Å². The molecule has 0 spiro atoms. The average Bonchev–Trinajstić information content (AvgIpc) is 3.17. The zero-order valence-electron chi connectivity index (χ0n) is 16.3. The highest BCUT2D eigenvalue weighted by Crippen LogP contribution is 2.26. The molecule has 2 heterocycles. The zero-order chi connectivity index (χ0) is 21.1. The van der Waals surface area contributed by atoms with Crippen LogP contribution in [0.15, 0.2) is 65.3 Å². The number of fused-ring (bicyclic) bond motifs is 1.